The van der Waals surface area contributed by atoms with E-state index in [0.717, 1.165) is 22.3 Å². The van der Waals surface area contributed by atoms with Crippen molar-refractivity contribution in [1.82, 2.24) is 29.5 Å². The number of nitrogens with one attached hydrogen (secondary N) is 1. The molecule has 5 aromatic rings. The van der Waals surface area contributed by atoms with Crippen molar-refractivity contribution < 1.29 is 4.79 Å². The van der Waals surface area contributed by atoms with Crippen LogP contribution in [0.15, 0.2) is 54.3 Å². The van der Waals surface area contributed by atoms with Gasteiger partial charge in [0.2, 0.25) is 0 Å². The molecule has 0 atom stereocenters. The lowest BCUT2D eigenvalue weighted by atomic mass is 10.1. The highest BCUT2D eigenvalue weighted by molar-refractivity contribution is 7.12. The zero-order valence-corrected chi connectivity index (χ0v) is 18.0. The predicted molar refractivity (Wildman–Crippen MR) is 120 cm³/mol. The number of carbonyl (C=O) groups is 1. The Kier molecular flexibility index (Phi) is 4.59. The average molecular weight is 430 g/mol. The molecular formula is C22H19N7OS. The maximum atomic E-state index is 12.6. The Morgan fingerprint density at radius 1 is 1.06 bits per heavy atom. The van der Waals surface area contributed by atoms with Gasteiger partial charge in [0.05, 0.1) is 27.8 Å². The van der Waals surface area contributed by atoms with Crippen LogP contribution in [0.25, 0.3) is 22.5 Å². The molecule has 0 saturated heterocycles. The van der Waals surface area contributed by atoms with Crippen molar-refractivity contribution in [1.29, 1.82) is 0 Å². The van der Waals surface area contributed by atoms with E-state index < -0.39 is 0 Å². The van der Waals surface area contributed by atoms with Crippen LogP contribution in [0.2, 0.25) is 0 Å². The highest BCUT2D eigenvalue weighted by Gasteiger charge is 2.18. The topological polar surface area (TPSA) is 90.5 Å². The van der Waals surface area contributed by atoms with Crippen LogP contribution in [-0.4, -0.2) is 35.4 Å². The van der Waals surface area contributed by atoms with Crippen molar-refractivity contribution in [3.8, 4) is 11.5 Å². The number of aromatic nitrogens is 6. The standard InChI is InChI=1S/C22H19N7OS/c1-13-6-7-17(14(2)9-13)28-20-16(11-25-28)21(24-12-23-20)29-19(10-15(3)27-29)26-22(30)18-5-4-8-31-18/h4-12H,1-3H3,(H,26,30). The summed E-state index contributed by atoms with van der Waals surface area (Å²) in [5, 5.41) is 14.7. The van der Waals surface area contributed by atoms with Gasteiger partial charge in [-0.2, -0.15) is 14.9 Å². The number of nitrogens with zero attached hydrogens (tertiary/aromatic N) is 6. The van der Waals surface area contributed by atoms with E-state index in [1.807, 2.05) is 43.5 Å². The molecule has 0 spiro atoms. The molecule has 0 aliphatic heterocycles. The largest absolute Gasteiger partial charge is 0.306 e. The summed E-state index contributed by atoms with van der Waals surface area (Å²) in [4.78, 5) is 22.1. The fourth-order valence-corrected chi connectivity index (χ4v) is 4.17. The fraction of sp³-hybridized carbons (Fsp3) is 0.136. The Labute approximate surface area is 182 Å². The second-order valence-electron chi connectivity index (χ2n) is 7.30. The Balaban J connectivity index is 1.61. The second kappa shape index (κ2) is 7.44. The fourth-order valence-electron chi connectivity index (χ4n) is 3.56. The van der Waals surface area contributed by atoms with E-state index in [0.29, 0.717) is 22.2 Å². The highest BCUT2D eigenvalue weighted by Crippen LogP contribution is 2.26. The highest BCUT2D eigenvalue weighted by atomic mass is 32.1. The van der Waals surface area contributed by atoms with Crippen LogP contribution in [0.4, 0.5) is 5.82 Å². The Morgan fingerprint density at radius 3 is 2.71 bits per heavy atom. The monoisotopic (exact) mass is 429 g/mol. The summed E-state index contributed by atoms with van der Waals surface area (Å²) >= 11 is 1.38. The molecule has 1 amide bonds. The van der Waals surface area contributed by atoms with Crippen LogP contribution in [0.1, 0.15) is 26.5 Å². The van der Waals surface area contributed by atoms with E-state index in [2.05, 4.69) is 38.5 Å². The first-order valence-electron chi connectivity index (χ1n) is 9.69. The minimum Gasteiger partial charge on any atom is -0.306 e. The van der Waals surface area contributed by atoms with Crippen molar-refractivity contribution in [3.05, 3.63) is 76.0 Å². The smallest absolute Gasteiger partial charge is 0.266 e. The van der Waals surface area contributed by atoms with Crippen molar-refractivity contribution in [2.45, 2.75) is 20.8 Å². The predicted octanol–water partition coefficient (Wildman–Crippen LogP) is 4.24. The molecule has 0 bridgehead atoms. The van der Waals surface area contributed by atoms with Gasteiger partial charge in [-0.1, -0.05) is 23.8 Å². The molecule has 1 N–H and O–H groups in total. The second-order valence-corrected chi connectivity index (χ2v) is 8.24. The van der Waals surface area contributed by atoms with Crippen LogP contribution in [0, 0.1) is 20.8 Å². The van der Waals surface area contributed by atoms with Crippen LogP contribution >= 0.6 is 11.3 Å². The summed E-state index contributed by atoms with van der Waals surface area (Å²) in [7, 11) is 0. The molecule has 154 valence electrons. The first-order chi connectivity index (χ1) is 15.0. The zero-order valence-electron chi connectivity index (χ0n) is 17.2. The van der Waals surface area contributed by atoms with Crippen LogP contribution in [-0.2, 0) is 0 Å². The Bertz CT molecular complexity index is 1420. The summed E-state index contributed by atoms with van der Waals surface area (Å²) in [6, 6.07) is 11.6. The van der Waals surface area contributed by atoms with Gasteiger partial charge in [0, 0.05) is 6.07 Å². The lowest BCUT2D eigenvalue weighted by Crippen LogP contribution is -2.14. The van der Waals surface area contributed by atoms with Gasteiger partial charge >= 0.3 is 0 Å². The number of anilines is 1. The molecule has 31 heavy (non-hydrogen) atoms. The molecule has 5 rings (SSSR count). The summed E-state index contributed by atoms with van der Waals surface area (Å²) in [5.41, 5.74) is 4.67. The number of aryl methyl sites for hydroxylation is 3. The van der Waals surface area contributed by atoms with Gasteiger partial charge < -0.3 is 5.32 Å². The van der Waals surface area contributed by atoms with E-state index in [1.165, 1.54) is 23.2 Å². The van der Waals surface area contributed by atoms with Gasteiger partial charge in [0.1, 0.15) is 12.1 Å². The molecule has 0 unspecified atom stereocenters. The zero-order chi connectivity index (χ0) is 21.5. The van der Waals surface area contributed by atoms with Gasteiger partial charge in [-0.25, -0.2) is 14.6 Å². The van der Waals surface area contributed by atoms with Crippen molar-refractivity contribution >= 4 is 34.1 Å². The number of hydrogen-bond acceptors (Lipinski definition) is 6. The molecule has 0 radical (unpaired) electrons. The van der Waals surface area contributed by atoms with E-state index >= 15 is 0 Å². The van der Waals surface area contributed by atoms with E-state index in [9.17, 15) is 4.79 Å². The summed E-state index contributed by atoms with van der Waals surface area (Å²) < 4.78 is 3.43. The number of thiophene rings is 1. The molecule has 0 saturated carbocycles. The number of carbonyl (C=O) groups excluding carboxylic acids is 1. The van der Waals surface area contributed by atoms with Gasteiger partial charge in [0.25, 0.3) is 5.91 Å². The molecule has 0 aliphatic carbocycles. The van der Waals surface area contributed by atoms with Crippen molar-refractivity contribution in [2.75, 3.05) is 5.32 Å². The molecule has 0 aliphatic rings. The van der Waals surface area contributed by atoms with Crippen molar-refractivity contribution in [3.63, 3.8) is 0 Å². The first kappa shape index (κ1) is 19.1. The number of hydrogen-bond donors (Lipinski definition) is 1. The first-order valence-corrected chi connectivity index (χ1v) is 10.6. The molecule has 4 aromatic heterocycles. The SMILES string of the molecule is Cc1ccc(-n2ncc3c(-n4nc(C)cc4NC(=O)c4cccs4)ncnc32)c(C)c1. The number of fused-ring (bicyclic) bond motifs is 1. The van der Waals surface area contributed by atoms with E-state index in [-0.39, 0.29) is 5.91 Å². The lowest BCUT2D eigenvalue weighted by molar-refractivity contribution is 0.103. The summed E-state index contributed by atoms with van der Waals surface area (Å²) in [6.07, 6.45) is 3.22. The van der Waals surface area contributed by atoms with Gasteiger partial charge in [-0.05, 0) is 43.8 Å². The third-order valence-electron chi connectivity index (χ3n) is 4.94. The van der Waals surface area contributed by atoms with Crippen LogP contribution in [0.3, 0.4) is 0 Å². The van der Waals surface area contributed by atoms with Crippen LogP contribution < -0.4 is 5.32 Å². The number of amides is 1. The minimum atomic E-state index is -0.188. The van der Waals surface area contributed by atoms with E-state index in [1.54, 1.807) is 21.6 Å². The average Bonchev–Trinajstić information content (AvgIpc) is 3.48. The Hall–Kier alpha value is -3.85. The Morgan fingerprint density at radius 2 is 1.94 bits per heavy atom. The maximum absolute atomic E-state index is 12.6. The lowest BCUT2D eigenvalue weighted by Gasteiger charge is -2.10. The van der Waals surface area contributed by atoms with Gasteiger partial charge in [-0.15, -0.1) is 11.3 Å². The molecule has 8 nitrogen and oxygen atoms in total. The van der Waals surface area contributed by atoms with E-state index in [4.69, 9.17) is 0 Å². The normalized spacial score (nSPS) is 11.2. The molecule has 4 heterocycles. The third kappa shape index (κ3) is 3.38. The summed E-state index contributed by atoms with van der Waals surface area (Å²) in [6.45, 7) is 5.98. The maximum Gasteiger partial charge on any atom is 0.266 e. The molecule has 0 fully saturated rings. The number of benzene rings is 1. The minimum absolute atomic E-state index is 0.188. The summed E-state index contributed by atoms with van der Waals surface area (Å²) in [5.74, 6) is 0.901. The molecule has 1 aromatic carbocycles. The quantitative estimate of drug-likeness (QED) is 0.461. The van der Waals surface area contributed by atoms with Gasteiger partial charge in [0.15, 0.2) is 11.5 Å². The molecule has 9 heteroatoms. The van der Waals surface area contributed by atoms with Crippen LogP contribution in [0.5, 0.6) is 0 Å². The van der Waals surface area contributed by atoms with Crippen molar-refractivity contribution in [2.24, 2.45) is 0 Å². The van der Waals surface area contributed by atoms with Gasteiger partial charge in [-0.3, -0.25) is 4.79 Å². The molecular weight excluding hydrogens is 410 g/mol. The number of rotatable bonds is 4. The third-order valence-corrected chi connectivity index (χ3v) is 5.81.